The zero-order valence-electron chi connectivity index (χ0n) is 20.7. The molecule has 0 heterocycles. The van der Waals surface area contributed by atoms with Gasteiger partial charge < -0.3 is 14.6 Å². The quantitative estimate of drug-likeness (QED) is 0.103. The lowest BCUT2D eigenvalue weighted by Gasteiger charge is -2.07. The largest absolute Gasteiger partial charge is 0.462 e. The van der Waals surface area contributed by atoms with Crippen molar-refractivity contribution in [2.24, 2.45) is 0 Å². The van der Waals surface area contributed by atoms with Crippen LogP contribution in [0.4, 0.5) is 0 Å². The number of unbranched alkanes of at least 4 members (excludes halogenated alkanes) is 8. The van der Waals surface area contributed by atoms with Crippen molar-refractivity contribution in [1.29, 1.82) is 0 Å². The second-order valence-electron chi connectivity index (χ2n) is 8.65. The van der Waals surface area contributed by atoms with Crippen LogP contribution in [0, 0.1) is 0 Å². The van der Waals surface area contributed by atoms with Crippen molar-refractivity contribution in [1.82, 2.24) is 0 Å². The highest BCUT2D eigenvalue weighted by Gasteiger charge is 2.09. The molecule has 0 amide bonds. The smallest absolute Gasteiger partial charge is 0.338 e. The number of benzene rings is 1. The maximum atomic E-state index is 12.0. The normalized spacial score (nSPS) is 12.1. The van der Waals surface area contributed by atoms with Gasteiger partial charge in [0.2, 0.25) is 0 Å². The molecule has 33 heavy (non-hydrogen) atoms. The molecule has 0 aliphatic carbocycles. The monoisotopic (exact) mass is 460 g/mol. The van der Waals surface area contributed by atoms with Crippen LogP contribution in [-0.4, -0.2) is 29.8 Å². The van der Waals surface area contributed by atoms with E-state index in [0.29, 0.717) is 24.3 Å². The van der Waals surface area contributed by atoms with Gasteiger partial charge in [-0.15, -0.1) is 0 Å². The molecule has 0 fully saturated rings. The Morgan fingerprint density at radius 1 is 0.879 bits per heavy atom. The van der Waals surface area contributed by atoms with Crippen LogP contribution in [0.25, 0.3) is 0 Å². The molecule has 1 aromatic carbocycles. The molecule has 0 saturated heterocycles. The van der Waals surface area contributed by atoms with E-state index in [0.717, 1.165) is 64.2 Å². The lowest BCUT2D eigenvalue weighted by atomic mass is 10.1. The van der Waals surface area contributed by atoms with Crippen molar-refractivity contribution < 1.29 is 24.2 Å². The standard InChI is InChI=1S/C28H44O5/c1-3-5-6-13-16-25(29)17-14-11-9-7-8-10-12-15-18-27(30)33-26-21-19-24(20-22-26)28(31)32-23-4-2/h11,14,19-22,25,29H,3-10,12-13,15-18,23H2,1-2H3/t25-/m1/s1. The van der Waals surface area contributed by atoms with Gasteiger partial charge in [0.05, 0.1) is 18.3 Å². The van der Waals surface area contributed by atoms with Gasteiger partial charge in [0.1, 0.15) is 5.75 Å². The second kappa shape index (κ2) is 19.3. The third-order valence-corrected chi connectivity index (χ3v) is 5.48. The number of allylic oxidation sites excluding steroid dienone is 1. The number of esters is 2. The van der Waals surface area contributed by atoms with Crippen LogP contribution >= 0.6 is 0 Å². The molecule has 1 atom stereocenters. The van der Waals surface area contributed by atoms with Gasteiger partial charge in [0.15, 0.2) is 0 Å². The lowest BCUT2D eigenvalue weighted by molar-refractivity contribution is -0.134. The number of hydrogen-bond acceptors (Lipinski definition) is 5. The van der Waals surface area contributed by atoms with Gasteiger partial charge in [0, 0.05) is 6.42 Å². The van der Waals surface area contributed by atoms with Gasteiger partial charge in [-0.2, -0.15) is 0 Å². The molecule has 0 saturated carbocycles. The van der Waals surface area contributed by atoms with Gasteiger partial charge in [-0.3, -0.25) is 4.79 Å². The van der Waals surface area contributed by atoms with Gasteiger partial charge in [-0.05, 0) is 62.8 Å². The van der Waals surface area contributed by atoms with Gasteiger partial charge >= 0.3 is 11.9 Å². The minimum absolute atomic E-state index is 0.196. The molecule has 0 aliphatic rings. The zero-order chi connectivity index (χ0) is 24.2. The third kappa shape index (κ3) is 15.3. The Morgan fingerprint density at radius 3 is 2.30 bits per heavy atom. The minimum Gasteiger partial charge on any atom is -0.462 e. The fourth-order valence-corrected chi connectivity index (χ4v) is 3.48. The van der Waals surface area contributed by atoms with Crippen molar-refractivity contribution in [3.63, 3.8) is 0 Å². The molecular formula is C28H44O5. The zero-order valence-corrected chi connectivity index (χ0v) is 20.7. The van der Waals surface area contributed by atoms with Crippen LogP contribution in [0.5, 0.6) is 5.75 Å². The van der Waals surface area contributed by atoms with E-state index in [4.69, 9.17) is 9.47 Å². The number of aliphatic hydroxyl groups excluding tert-OH is 1. The van der Waals surface area contributed by atoms with E-state index in [9.17, 15) is 14.7 Å². The summed E-state index contributed by atoms with van der Waals surface area (Å²) < 4.78 is 10.4. The fraction of sp³-hybridized carbons (Fsp3) is 0.643. The molecule has 0 aromatic heterocycles. The van der Waals surface area contributed by atoms with E-state index >= 15 is 0 Å². The molecular weight excluding hydrogens is 416 g/mol. The first-order valence-electron chi connectivity index (χ1n) is 12.9. The maximum Gasteiger partial charge on any atom is 0.338 e. The number of aliphatic hydroxyl groups is 1. The predicted octanol–water partition coefficient (Wildman–Crippen LogP) is 7.17. The van der Waals surface area contributed by atoms with E-state index in [-0.39, 0.29) is 18.0 Å². The first-order valence-corrected chi connectivity index (χ1v) is 12.9. The van der Waals surface area contributed by atoms with Crippen LogP contribution in [0.15, 0.2) is 36.4 Å². The summed E-state index contributed by atoms with van der Waals surface area (Å²) >= 11 is 0. The Hall–Kier alpha value is -2.14. The fourth-order valence-electron chi connectivity index (χ4n) is 3.48. The first kappa shape index (κ1) is 28.9. The molecule has 0 bridgehead atoms. The molecule has 0 spiro atoms. The molecule has 1 rings (SSSR count). The van der Waals surface area contributed by atoms with Crippen LogP contribution in [0.3, 0.4) is 0 Å². The van der Waals surface area contributed by atoms with Crippen molar-refractivity contribution in [3.8, 4) is 5.75 Å². The maximum absolute atomic E-state index is 12.0. The first-order chi connectivity index (χ1) is 16.1. The highest BCUT2D eigenvalue weighted by Crippen LogP contribution is 2.15. The molecule has 1 aromatic rings. The van der Waals surface area contributed by atoms with Crippen LogP contribution in [-0.2, 0) is 9.53 Å². The SMILES string of the molecule is CCCCCC[C@@H](O)CC=CCCCCCCCC(=O)Oc1ccc(C(=O)OCCC)cc1. The average Bonchev–Trinajstić information content (AvgIpc) is 2.82. The molecule has 0 aliphatic heterocycles. The Bertz CT molecular complexity index is 665. The summed E-state index contributed by atoms with van der Waals surface area (Å²) in [6.07, 6.45) is 18.1. The third-order valence-electron chi connectivity index (χ3n) is 5.48. The minimum atomic E-state index is -0.361. The summed E-state index contributed by atoms with van der Waals surface area (Å²) in [5.74, 6) is -0.155. The second-order valence-corrected chi connectivity index (χ2v) is 8.65. The lowest BCUT2D eigenvalue weighted by Crippen LogP contribution is -2.08. The molecule has 5 heteroatoms. The van der Waals surface area contributed by atoms with E-state index < -0.39 is 0 Å². The van der Waals surface area contributed by atoms with Crippen LogP contribution in [0.1, 0.15) is 114 Å². The number of hydrogen-bond donors (Lipinski definition) is 1. The summed E-state index contributed by atoms with van der Waals surface area (Å²) in [6.45, 7) is 4.54. The topological polar surface area (TPSA) is 72.8 Å². The Kier molecular flexibility index (Phi) is 16.9. The van der Waals surface area contributed by atoms with E-state index in [1.165, 1.54) is 19.3 Å². The van der Waals surface area contributed by atoms with E-state index in [1.807, 2.05) is 6.92 Å². The van der Waals surface area contributed by atoms with Crippen LogP contribution in [0.2, 0.25) is 0 Å². The van der Waals surface area contributed by atoms with E-state index in [1.54, 1.807) is 24.3 Å². The summed E-state index contributed by atoms with van der Waals surface area (Å²) in [5, 5.41) is 9.94. The van der Waals surface area contributed by atoms with Crippen molar-refractivity contribution in [3.05, 3.63) is 42.0 Å². The Morgan fingerprint density at radius 2 is 1.58 bits per heavy atom. The number of carbonyl (C=O) groups excluding carboxylic acids is 2. The summed E-state index contributed by atoms with van der Waals surface area (Å²) in [7, 11) is 0. The molecule has 1 N–H and O–H groups in total. The molecule has 186 valence electrons. The van der Waals surface area contributed by atoms with Gasteiger partial charge in [-0.25, -0.2) is 4.79 Å². The summed E-state index contributed by atoms with van der Waals surface area (Å²) in [4.78, 5) is 23.8. The Labute approximate surface area is 200 Å². The molecule has 0 radical (unpaired) electrons. The van der Waals surface area contributed by atoms with Crippen LogP contribution < -0.4 is 4.74 Å². The highest BCUT2D eigenvalue weighted by atomic mass is 16.5. The van der Waals surface area contributed by atoms with Gasteiger partial charge in [0.25, 0.3) is 0 Å². The average molecular weight is 461 g/mol. The van der Waals surface area contributed by atoms with E-state index in [2.05, 4.69) is 19.1 Å². The molecule has 0 unspecified atom stereocenters. The number of ether oxygens (including phenoxy) is 2. The van der Waals surface area contributed by atoms with Crippen molar-refractivity contribution in [2.45, 2.75) is 110 Å². The predicted molar refractivity (Wildman–Crippen MR) is 133 cm³/mol. The van der Waals surface area contributed by atoms with Gasteiger partial charge in [-0.1, -0.05) is 70.9 Å². The highest BCUT2D eigenvalue weighted by molar-refractivity contribution is 5.89. The summed E-state index contributed by atoms with van der Waals surface area (Å²) in [6, 6.07) is 6.48. The van der Waals surface area contributed by atoms with Crippen molar-refractivity contribution in [2.75, 3.05) is 6.61 Å². The molecule has 5 nitrogen and oxygen atoms in total. The number of rotatable bonds is 19. The number of carbonyl (C=O) groups is 2. The summed E-state index contributed by atoms with van der Waals surface area (Å²) in [5.41, 5.74) is 0.455. The Balaban J connectivity index is 2.03. The van der Waals surface area contributed by atoms with Crippen molar-refractivity contribution >= 4 is 11.9 Å².